The highest BCUT2D eigenvalue weighted by Crippen LogP contribution is 2.37. The summed E-state index contributed by atoms with van der Waals surface area (Å²) < 4.78 is 13.4. The molecule has 45 heavy (non-hydrogen) atoms. The Balaban J connectivity index is 1.49. The number of rotatable bonds is 11. The second-order valence-electron chi connectivity index (χ2n) is 12.0. The van der Waals surface area contributed by atoms with Crippen molar-refractivity contribution >= 4 is 48.5 Å². The van der Waals surface area contributed by atoms with E-state index in [1.165, 1.54) is 21.0 Å². The van der Waals surface area contributed by atoms with Gasteiger partial charge in [0.2, 0.25) is 0 Å². The minimum atomic E-state index is -2.81. The number of carbonyl (C=O) groups is 1. The molecule has 5 aromatic rings. The Morgan fingerprint density at radius 1 is 0.689 bits per heavy atom. The highest BCUT2D eigenvalue weighted by Gasteiger charge is 2.50. The predicted molar refractivity (Wildman–Crippen MR) is 193 cm³/mol. The van der Waals surface area contributed by atoms with Crippen LogP contribution in [0.1, 0.15) is 38.1 Å². The van der Waals surface area contributed by atoms with Crippen molar-refractivity contribution < 1.29 is 14.0 Å². The number of allylic oxidation sites excluding steroid dienone is 1. The molecule has 0 fully saturated rings. The predicted octanol–water partition coefficient (Wildman–Crippen LogP) is 7.12. The summed E-state index contributed by atoms with van der Waals surface area (Å²) in [5.41, 5.74) is 0.580. The standard InChI is InChI=1S/C40H41O3PSi/c1-5-20-32(31-42-45(40(2,3)4,35-25-14-8-15-26-35)36-27-16-9-17-28-36)43-39(41)37-29-18-19-30-38(37)44(33-21-10-6-11-22-33)34-23-12-7-13-24-34/h5-30,32H,31H2,1-4H3/b20-5+/t32-/m0/s1. The molecule has 0 bridgehead atoms. The van der Waals surface area contributed by atoms with Crippen LogP contribution in [0.15, 0.2) is 158 Å². The number of ether oxygens (including phenoxy) is 1. The van der Waals surface area contributed by atoms with Crippen molar-refractivity contribution in [2.75, 3.05) is 6.61 Å². The van der Waals surface area contributed by atoms with Crippen molar-refractivity contribution in [2.24, 2.45) is 0 Å². The summed E-state index contributed by atoms with van der Waals surface area (Å²) >= 11 is 0. The van der Waals surface area contributed by atoms with E-state index in [2.05, 4.69) is 124 Å². The Kier molecular flexibility index (Phi) is 10.6. The van der Waals surface area contributed by atoms with Crippen LogP contribution in [-0.4, -0.2) is 27.0 Å². The summed E-state index contributed by atoms with van der Waals surface area (Å²) in [4.78, 5) is 14.1. The Bertz CT molecular complexity index is 1610. The molecule has 0 amide bonds. The van der Waals surface area contributed by atoms with Crippen LogP contribution < -0.4 is 26.3 Å². The van der Waals surface area contributed by atoms with E-state index in [0.717, 1.165) is 5.30 Å². The van der Waals surface area contributed by atoms with Crippen molar-refractivity contribution in [3.8, 4) is 0 Å². The van der Waals surface area contributed by atoms with Gasteiger partial charge in [-0.25, -0.2) is 4.79 Å². The zero-order valence-electron chi connectivity index (χ0n) is 26.5. The van der Waals surface area contributed by atoms with Gasteiger partial charge in [0.1, 0.15) is 6.10 Å². The third-order valence-electron chi connectivity index (χ3n) is 7.94. The molecule has 0 radical (unpaired) electrons. The van der Waals surface area contributed by atoms with E-state index in [4.69, 9.17) is 9.16 Å². The second-order valence-corrected chi connectivity index (χ2v) is 18.5. The van der Waals surface area contributed by atoms with Crippen LogP contribution in [-0.2, 0) is 9.16 Å². The molecule has 0 N–H and O–H groups in total. The average Bonchev–Trinajstić information content (AvgIpc) is 3.07. The van der Waals surface area contributed by atoms with E-state index in [1.54, 1.807) is 0 Å². The lowest BCUT2D eigenvalue weighted by Crippen LogP contribution is -2.67. The lowest BCUT2D eigenvalue weighted by molar-refractivity contribution is 0.0290. The van der Waals surface area contributed by atoms with Crippen molar-refractivity contribution in [1.82, 2.24) is 0 Å². The maximum absolute atomic E-state index is 14.1. The maximum Gasteiger partial charge on any atom is 0.339 e. The minimum Gasteiger partial charge on any atom is -0.452 e. The molecular formula is C40H41O3PSi. The molecular weight excluding hydrogens is 587 g/mol. The number of carbonyl (C=O) groups excluding carboxylic acids is 1. The third-order valence-corrected chi connectivity index (χ3v) is 15.4. The topological polar surface area (TPSA) is 35.5 Å². The van der Waals surface area contributed by atoms with Crippen LogP contribution in [0, 0.1) is 0 Å². The zero-order chi connectivity index (χ0) is 31.7. The van der Waals surface area contributed by atoms with E-state index < -0.39 is 22.3 Å². The highest BCUT2D eigenvalue weighted by molar-refractivity contribution is 7.80. The van der Waals surface area contributed by atoms with Gasteiger partial charge >= 0.3 is 5.97 Å². The van der Waals surface area contributed by atoms with Crippen LogP contribution in [0.4, 0.5) is 0 Å². The Morgan fingerprint density at radius 2 is 1.13 bits per heavy atom. The molecule has 0 spiro atoms. The summed E-state index contributed by atoms with van der Waals surface area (Å²) in [7, 11) is -3.79. The maximum atomic E-state index is 14.1. The smallest absolute Gasteiger partial charge is 0.339 e. The zero-order valence-corrected chi connectivity index (χ0v) is 28.4. The van der Waals surface area contributed by atoms with Crippen LogP contribution >= 0.6 is 7.92 Å². The van der Waals surface area contributed by atoms with Crippen LogP contribution in [0.5, 0.6) is 0 Å². The number of esters is 1. The summed E-state index contributed by atoms with van der Waals surface area (Å²) in [6.45, 7) is 8.95. The molecule has 0 aliphatic carbocycles. The molecule has 5 aromatic carbocycles. The van der Waals surface area contributed by atoms with Gasteiger partial charge in [0.15, 0.2) is 0 Å². The summed E-state index contributed by atoms with van der Waals surface area (Å²) in [6, 6.07) is 49.8. The van der Waals surface area contributed by atoms with Crippen molar-refractivity contribution in [2.45, 2.75) is 38.8 Å². The van der Waals surface area contributed by atoms with Gasteiger partial charge in [0.25, 0.3) is 8.32 Å². The first-order valence-electron chi connectivity index (χ1n) is 15.4. The van der Waals surface area contributed by atoms with Crippen LogP contribution in [0.3, 0.4) is 0 Å². The highest BCUT2D eigenvalue weighted by atomic mass is 31.1. The van der Waals surface area contributed by atoms with Gasteiger partial charge in [-0.05, 0) is 58.3 Å². The molecule has 5 rings (SSSR count). The van der Waals surface area contributed by atoms with Gasteiger partial charge < -0.3 is 9.16 Å². The van der Waals surface area contributed by atoms with Crippen molar-refractivity contribution in [3.63, 3.8) is 0 Å². The lowest BCUT2D eigenvalue weighted by atomic mass is 10.2. The third kappa shape index (κ3) is 7.26. The van der Waals surface area contributed by atoms with E-state index in [0.29, 0.717) is 5.56 Å². The molecule has 0 saturated carbocycles. The Hall–Kier alpha value is -4.08. The molecule has 0 aliphatic heterocycles. The number of benzene rings is 5. The minimum absolute atomic E-state index is 0.187. The fourth-order valence-electron chi connectivity index (χ4n) is 5.94. The van der Waals surface area contributed by atoms with Gasteiger partial charge in [0.05, 0.1) is 12.2 Å². The Morgan fingerprint density at radius 3 is 1.60 bits per heavy atom. The molecule has 228 valence electrons. The van der Waals surface area contributed by atoms with Crippen molar-refractivity contribution in [3.05, 3.63) is 163 Å². The van der Waals surface area contributed by atoms with Gasteiger partial charge in [0, 0.05) is 0 Å². The largest absolute Gasteiger partial charge is 0.452 e. The fourth-order valence-corrected chi connectivity index (χ4v) is 12.9. The number of hydrogen-bond acceptors (Lipinski definition) is 3. The average molecular weight is 629 g/mol. The fraction of sp³-hybridized carbons (Fsp3) is 0.175. The van der Waals surface area contributed by atoms with Crippen molar-refractivity contribution in [1.29, 1.82) is 0 Å². The number of hydrogen-bond donors (Lipinski definition) is 0. The molecule has 0 aromatic heterocycles. The van der Waals surface area contributed by atoms with Crippen LogP contribution in [0.25, 0.3) is 0 Å². The monoisotopic (exact) mass is 628 g/mol. The van der Waals surface area contributed by atoms with Gasteiger partial charge in [-0.15, -0.1) is 0 Å². The summed E-state index contributed by atoms with van der Waals surface area (Å²) in [6.07, 6.45) is 3.30. The molecule has 0 saturated heterocycles. The van der Waals surface area contributed by atoms with E-state index >= 15 is 0 Å². The van der Waals surface area contributed by atoms with Gasteiger partial charge in [-0.3, -0.25) is 0 Å². The van der Waals surface area contributed by atoms with E-state index in [-0.39, 0.29) is 17.6 Å². The summed E-state index contributed by atoms with van der Waals surface area (Å²) in [5.74, 6) is -0.348. The molecule has 5 heteroatoms. The quantitative estimate of drug-likeness (QED) is 0.0676. The first-order chi connectivity index (χ1) is 21.8. The molecule has 3 nitrogen and oxygen atoms in total. The second kappa shape index (κ2) is 14.8. The molecule has 1 atom stereocenters. The normalized spacial score (nSPS) is 12.7. The van der Waals surface area contributed by atoms with Gasteiger partial charge in [-0.2, -0.15) is 0 Å². The lowest BCUT2D eigenvalue weighted by Gasteiger charge is -2.43. The van der Waals surface area contributed by atoms with E-state index in [9.17, 15) is 4.79 Å². The molecule has 0 aliphatic rings. The first kappa shape index (κ1) is 32.3. The Labute approximate surface area is 270 Å². The first-order valence-corrected chi connectivity index (χ1v) is 18.7. The van der Waals surface area contributed by atoms with Crippen LogP contribution in [0.2, 0.25) is 5.04 Å². The SMILES string of the molecule is C/C=C/[C@@H](CO[Si](c1ccccc1)(c1ccccc1)C(C)(C)C)OC(=O)c1ccccc1P(c1ccccc1)c1ccccc1. The van der Waals surface area contributed by atoms with Gasteiger partial charge in [-0.1, -0.05) is 166 Å². The molecule has 0 heterocycles. The summed E-state index contributed by atoms with van der Waals surface area (Å²) in [5, 5.41) is 5.53. The van der Waals surface area contributed by atoms with E-state index in [1.807, 2.05) is 61.5 Å². The molecule has 0 unspecified atom stereocenters.